The van der Waals surface area contributed by atoms with Crippen LogP contribution in [0.15, 0.2) is 0 Å². The lowest BCUT2D eigenvalue weighted by atomic mass is 9.83. The minimum absolute atomic E-state index is 0.0472. The number of phosphoric ester groups is 1. The van der Waals surface area contributed by atoms with Crippen molar-refractivity contribution in [3.8, 4) is 0 Å². The maximum atomic E-state index is 12.5. The molecule has 0 aromatic carbocycles. The van der Waals surface area contributed by atoms with Gasteiger partial charge in [0.15, 0.2) is 0 Å². The van der Waals surface area contributed by atoms with Crippen LogP contribution in [0.1, 0.15) is 393 Å². The molecule has 24 unspecified atom stereocenters. The molecule has 0 radical (unpaired) electrons. The summed E-state index contributed by atoms with van der Waals surface area (Å²) < 4.78 is 47.7. The lowest BCUT2D eigenvalue weighted by Gasteiger charge is -2.41. The molecule has 1 aliphatic heterocycles. The first-order valence-corrected chi connectivity index (χ1v) is 48.7. The lowest BCUT2D eigenvalue weighted by Crippen LogP contribution is -2.65. The molecule has 0 amide bonds. The maximum Gasteiger partial charge on any atom is 0.472 e. The second-order valence-corrected chi connectivity index (χ2v) is 40.3. The SMILES string of the molecule is CC1CCCC(C)CCCC(C)CCC(C)CCCC(C)CCCC(C)CCCC(C)CCOC(C(O)C(O)(CO)C(O)C(O)C(O)CO)COCCC(C)CCCC(C)CCCC(C)CCCC(C)CCC(C)CCCC(C)CCCC(C)CCCC(C)CCOC(COP(=O)(O)OCCN)COCCC(C)CCC1. The molecular formula is C94H190NO15P. The van der Waals surface area contributed by atoms with Gasteiger partial charge in [-0.2, -0.15) is 0 Å². The minimum Gasteiger partial charge on any atom is -0.394 e. The van der Waals surface area contributed by atoms with Crippen molar-refractivity contribution in [2.24, 2.45) is 100 Å². The van der Waals surface area contributed by atoms with Gasteiger partial charge < -0.3 is 65.3 Å². The van der Waals surface area contributed by atoms with E-state index in [9.17, 15) is 45.2 Å². The molecular weight excluding hydrogens is 1410 g/mol. The molecule has 0 aromatic rings. The van der Waals surface area contributed by atoms with Gasteiger partial charge in [-0.25, -0.2) is 4.57 Å². The Morgan fingerprint density at radius 1 is 0.360 bits per heavy atom. The fraction of sp³-hybridized carbons (Fsp3) is 1.00. The summed E-state index contributed by atoms with van der Waals surface area (Å²) in [4.78, 5) is 10.3. The summed E-state index contributed by atoms with van der Waals surface area (Å²) in [5.41, 5.74) is 2.87. The van der Waals surface area contributed by atoms with Crippen molar-refractivity contribution in [3.05, 3.63) is 0 Å². The monoisotopic (exact) mass is 1600 g/mol. The average Bonchev–Trinajstić information content (AvgIpc) is 0.798. The molecule has 111 heavy (non-hydrogen) atoms. The van der Waals surface area contributed by atoms with E-state index in [0.29, 0.717) is 68.4 Å². The van der Waals surface area contributed by atoms with E-state index in [2.05, 4.69) is 111 Å². The van der Waals surface area contributed by atoms with Crippen molar-refractivity contribution in [3.63, 3.8) is 0 Å². The Bertz CT molecular complexity index is 2120. The number of hydrogen-bond donors (Lipinski definition) is 9. The Hall–Kier alpha value is -0.370. The van der Waals surface area contributed by atoms with E-state index in [-0.39, 0.29) is 33.0 Å². The highest BCUT2D eigenvalue weighted by atomic mass is 31.2. The Kier molecular flexibility index (Phi) is 65.9. The Morgan fingerprint density at radius 2 is 0.604 bits per heavy atom. The zero-order valence-corrected chi connectivity index (χ0v) is 76.4. The summed E-state index contributed by atoms with van der Waals surface area (Å²) in [7, 11) is -4.23. The topological polar surface area (TPSA) is 260 Å². The third-order valence-electron chi connectivity index (χ3n) is 26.4. The van der Waals surface area contributed by atoms with Crippen molar-refractivity contribution in [1.82, 2.24) is 0 Å². The van der Waals surface area contributed by atoms with Gasteiger partial charge in [0.25, 0.3) is 0 Å². The number of ether oxygens (including phenoxy) is 4. The van der Waals surface area contributed by atoms with E-state index in [0.717, 1.165) is 104 Å². The largest absolute Gasteiger partial charge is 0.472 e. The van der Waals surface area contributed by atoms with Gasteiger partial charge in [-0.3, -0.25) is 9.05 Å². The molecule has 666 valence electrons. The third kappa shape index (κ3) is 58.3. The van der Waals surface area contributed by atoms with Crippen LogP contribution < -0.4 is 5.73 Å². The summed E-state index contributed by atoms with van der Waals surface area (Å²) in [5.74, 6) is 11.0. The van der Waals surface area contributed by atoms with Crippen molar-refractivity contribution < 1.29 is 73.2 Å². The van der Waals surface area contributed by atoms with Crippen LogP contribution in [0.3, 0.4) is 0 Å². The number of aliphatic hydroxyl groups excluding tert-OH is 6. The van der Waals surface area contributed by atoms with Gasteiger partial charge in [0.05, 0.1) is 39.6 Å². The van der Waals surface area contributed by atoms with Gasteiger partial charge >= 0.3 is 7.82 Å². The molecule has 16 nitrogen and oxygen atoms in total. The van der Waals surface area contributed by atoms with Gasteiger partial charge in [-0.05, 0) is 120 Å². The van der Waals surface area contributed by atoms with Crippen molar-refractivity contribution in [2.75, 3.05) is 72.6 Å². The molecule has 1 heterocycles. The third-order valence-corrected chi connectivity index (χ3v) is 27.3. The Labute approximate surface area is 686 Å². The van der Waals surface area contributed by atoms with Crippen LogP contribution in [-0.2, 0) is 32.6 Å². The van der Waals surface area contributed by atoms with Gasteiger partial charge in [-0.1, -0.05) is 368 Å². The first-order valence-electron chi connectivity index (χ1n) is 47.2. The summed E-state index contributed by atoms with van der Waals surface area (Å²) in [6.45, 7) is 38.6. The molecule has 10 N–H and O–H groups in total. The fourth-order valence-electron chi connectivity index (χ4n) is 17.1. The molecule has 1 aliphatic rings. The van der Waals surface area contributed by atoms with Crippen LogP contribution in [0.25, 0.3) is 0 Å². The predicted molar refractivity (Wildman–Crippen MR) is 465 cm³/mol. The molecule has 0 saturated carbocycles. The summed E-state index contributed by atoms with van der Waals surface area (Å²) in [5, 5.41) is 74.5. The minimum atomic E-state index is -4.23. The first-order chi connectivity index (χ1) is 52.8. The van der Waals surface area contributed by atoms with Crippen molar-refractivity contribution in [2.45, 2.75) is 436 Å². The van der Waals surface area contributed by atoms with Gasteiger partial charge in [0, 0.05) is 33.0 Å². The number of nitrogens with two attached hydrogens (primary N) is 1. The van der Waals surface area contributed by atoms with Gasteiger partial charge in [-0.15, -0.1) is 0 Å². The van der Waals surface area contributed by atoms with E-state index >= 15 is 0 Å². The zero-order valence-electron chi connectivity index (χ0n) is 75.6. The van der Waals surface area contributed by atoms with Crippen LogP contribution in [0.4, 0.5) is 0 Å². The molecule has 0 bridgehead atoms. The second kappa shape index (κ2) is 67.3. The predicted octanol–water partition coefficient (Wildman–Crippen LogP) is 22.4. The van der Waals surface area contributed by atoms with Crippen molar-refractivity contribution in [1.29, 1.82) is 0 Å². The number of aliphatic hydroxyl groups is 7. The standard InChI is InChI=1S/C94H190NO15P/c1-72-29-17-33-76(5)41-25-49-84(13)57-62-105-68-88(69-110-111(103,104)109-66-61-95)107-64-59-86(15)51-27-43-78(7)35-19-31-74(3)39-23-47-82(11)55-53-81(10)46-22-38-73(2)30-18-34-77(6)42-26-50-85(14)58-63-106-70-90(92(100)94(102,71-97)93(101)91(99)89(98)67-96)108-65-60-87(16)52-28-44-79(8)36-20-32-75(4)40-24-48-83(12)56-54-80(9)45-21-37-72/h72-93,96-102H,17-71,95H2,1-16H3,(H,103,104). The molecule has 1 saturated heterocycles. The highest BCUT2D eigenvalue weighted by molar-refractivity contribution is 7.47. The second-order valence-electron chi connectivity index (χ2n) is 38.9. The van der Waals surface area contributed by atoms with E-state index in [4.69, 9.17) is 33.7 Å². The summed E-state index contributed by atoms with van der Waals surface area (Å²) >= 11 is 0. The van der Waals surface area contributed by atoms with Crippen LogP contribution in [0.2, 0.25) is 0 Å². The van der Waals surface area contributed by atoms with Gasteiger partial charge in [0.1, 0.15) is 42.2 Å². The highest BCUT2D eigenvalue weighted by Crippen LogP contribution is 2.43. The lowest BCUT2D eigenvalue weighted by molar-refractivity contribution is -0.237. The average molecular weight is 1610 g/mol. The molecule has 0 aromatic heterocycles. The summed E-state index contributed by atoms with van der Waals surface area (Å²) in [6, 6.07) is 0. The molecule has 1 fully saturated rings. The van der Waals surface area contributed by atoms with E-state index < -0.39 is 63.3 Å². The molecule has 0 spiro atoms. The Morgan fingerprint density at radius 3 is 0.865 bits per heavy atom. The number of hydrogen-bond acceptors (Lipinski definition) is 15. The smallest absolute Gasteiger partial charge is 0.394 e. The van der Waals surface area contributed by atoms with E-state index in [1.54, 1.807) is 0 Å². The summed E-state index contributed by atoms with van der Waals surface area (Å²) in [6.07, 6.45) is 45.2. The quantitative estimate of drug-likeness (QED) is 0.0777. The van der Waals surface area contributed by atoms with Crippen LogP contribution in [0, 0.1) is 94.7 Å². The molecule has 1 rings (SSSR count). The molecule has 24 atom stereocenters. The maximum absolute atomic E-state index is 12.5. The highest BCUT2D eigenvalue weighted by Gasteiger charge is 2.50. The van der Waals surface area contributed by atoms with Crippen LogP contribution >= 0.6 is 7.82 Å². The van der Waals surface area contributed by atoms with Crippen LogP contribution in [0.5, 0.6) is 0 Å². The zero-order chi connectivity index (χ0) is 82.8. The first kappa shape index (κ1) is 109. The van der Waals surface area contributed by atoms with E-state index in [1.807, 2.05) is 0 Å². The number of rotatable bonds is 13. The molecule has 17 heteroatoms. The molecule has 0 aliphatic carbocycles. The van der Waals surface area contributed by atoms with Crippen molar-refractivity contribution >= 4 is 7.82 Å². The Balaban J connectivity index is 2.84. The number of phosphoric acid groups is 1. The van der Waals surface area contributed by atoms with Crippen LogP contribution in [-0.4, -0.2) is 155 Å². The normalized spacial score (nSPS) is 34.3. The fourth-order valence-corrected chi connectivity index (χ4v) is 17.9. The van der Waals surface area contributed by atoms with E-state index in [1.165, 1.54) is 231 Å². The van der Waals surface area contributed by atoms with Gasteiger partial charge in [0.2, 0.25) is 0 Å².